The Labute approximate surface area is 123 Å². The molecule has 0 aliphatic heterocycles. The summed E-state index contributed by atoms with van der Waals surface area (Å²) in [4.78, 5) is 6.33. The van der Waals surface area contributed by atoms with E-state index in [0.29, 0.717) is 11.3 Å². The molecule has 4 heteroatoms. The summed E-state index contributed by atoms with van der Waals surface area (Å²) in [6.45, 7) is 0. The largest absolute Gasteiger partial charge is 0.396 e. The molecule has 3 aromatic rings. The first-order valence-corrected chi connectivity index (χ1v) is 6.58. The second-order valence-corrected chi connectivity index (χ2v) is 4.80. The predicted octanol–water partition coefficient (Wildman–Crippen LogP) is 3.46. The van der Waals surface area contributed by atoms with Gasteiger partial charge < -0.3 is 10.6 Å². The number of nitriles is 1. The van der Waals surface area contributed by atoms with Crippen LogP contribution in [0.25, 0.3) is 10.9 Å². The molecule has 0 saturated heterocycles. The first-order valence-electron chi connectivity index (χ1n) is 6.58. The van der Waals surface area contributed by atoms with Gasteiger partial charge in [0.25, 0.3) is 0 Å². The standard InChI is InChI=1S/C17H14N4/c1-21(13-6-4-5-12(9-13)10-18)17-14-7-2-3-8-16(14)20-11-15(17)19/h2-9,11H,19H2,1H3. The molecule has 0 fully saturated rings. The summed E-state index contributed by atoms with van der Waals surface area (Å²) in [6, 6.07) is 17.5. The maximum absolute atomic E-state index is 9.04. The van der Waals surface area contributed by atoms with Crippen molar-refractivity contribution in [3.05, 3.63) is 60.3 Å². The SMILES string of the molecule is CN(c1cccc(C#N)c1)c1c(N)cnc2ccccc12. The summed E-state index contributed by atoms with van der Waals surface area (Å²) in [5, 5.41) is 10.0. The van der Waals surface area contributed by atoms with E-state index < -0.39 is 0 Å². The molecule has 0 aliphatic carbocycles. The molecule has 1 heterocycles. The average molecular weight is 274 g/mol. The molecule has 0 bridgehead atoms. The van der Waals surface area contributed by atoms with Gasteiger partial charge in [-0.3, -0.25) is 4.98 Å². The molecule has 102 valence electrons. The third kappa shape index (κ3) is 2.26. The third-order valence-corrected chi connectivity index (χ3v) is 3.47. The molecule has 1 aromatic heterocycles. The van der Waals surface area contributed by atoms with Crippen molar-refractivity contribution in [3.8, 4) is 6.07 Å². The molecule has 0 aliphatic rings. The van der Waals surface area contributed by atoms with E-state index in [1.807, 2.05) is 54.4 Å². The van der Waals surface area contributed by atoms with Crippen molar-refractivity contribution in [1.29, 1.82) is 5.26 Å². The highest BCUT2D eigenvalue weighted by Gasteiger charge is 2.12. The Bertz CT molecular complexity index is 849. The maximum Gasteiger partial charge on any atom is 0.0992 e. The predicted molar refractivity (Wildman–Crippen MR) is 85.4 cm³/mol. The summed E-state index contributed by atoms with van der Waals surface area (Å²) < 4.78 is 0. The minimum atomic E-state index is 0.610. The van der Waals surface area contributed by atoms with Crippen LogP contribution < -0.4 is 10.6 Å². The van der Waals surface area contributed by atoms with Crippen molar-refractivity contribution >= 4 is 28.0 Å². The number of fused-ring (bicyclic) bond motifs is 1. The van der Waals surface area contributed by atoms with E-state index in [1.165, 1.54) is 0 Å². The maximum atomic E-state index is 9.04. The van der Waals surface area contributed by atoms with E-state index in [-0.39, 0.29) is 0 Å². The van der Waals surface area contributed by atoms with Gasteiger partial charge in [-0.1, -0.05) is 24.3 Å². The lowest BCUT2D eigenvalue weighted by atomic mass is 10.1. The van der Waals surface area contributed by atoms with Crippen LogP contribution in [0.15, 0.2) is 54.7 Å². The number of benzene rings is 2. The Morgan fingerprint density at radius 3 is 2.76 bits per heavy atom. The highest BCUT2D eigenvalue weighted by Crippen LogP contribution is 2.35. The number of nitrogens with zero attached hydrogens (tertiary/aromatic N) is 3. The van der Waals surface area contributed by atoms with Crippen LogP contribution in [-0.2, 0) is 0 Å². The Morgan fingerprint density at radius 1 is 1.14 bits per heavy atom. The average Bonchev–Trinajstić information content (AvgIpc) is 2.54. The number of rotatable bonds is 2. The zero-order chi connectivity index (χ0) is 14.8. The van der Waals surface area contributed by atoms with Crippen molar-refractivity contribution in [1.82, 2.24) is 4.98 Å². The first-order chi connectivity index (χ1) is 10.2. The van der Waals surface area contributed by atoms with Crippen LogP contribution >= 0.6 is 0 Å². The van der Waals surface area contributed by atoms with Crippen LogP contribution in [0.1, 0.15) is 5.56 Å². The molecule has 0 amide bonds. The third-order valence-electron chi connectivity index (χ3n) is 3.47. The number of nitrogen functional groups attached to an aromatic ring is 1. The van der Waals surface area contributed by atoms with Crippen LogP contribution in [0, 0.1) is 11.3 Å². The monoisotopic (exact) mass is 274 g/mol. The van der Waals surface area contributed by atoms with E-state index in [0.717, 1.165) is 22.3 Å². The molecule has 3 rings (SSSR count). The molecule has 0 saturated carbocycles. The Hall–Kier alpha value is -3.06. The summed E-state index contributed by atoms with van der Waals surface area (Å²) in [5.74, 6) is 0. The van der Waals surface area contributed by atoms with E-state index in [1.54, 1.807) is 12.3 Å². The molecule has 21 heavy (non-hydrogen) atoms. The highest BCUT2D eigenvalue weighted by atomic mass is 15.1. The quantitative estimate of drug-likeness (QED) is 0.777. The second-order valence-electron chi connectivity index (χ2n) is 4.80. The summed E-state index contributed by atoms with van der Waals surface area (Å²) >= 11 is 0. The van der Waals surface area contributed by atoms with Gasteiger partial charge in [0.2, 0.25) is 0 Å². The van der Waals surface area contributed by atoms with E-state index >= 15 is 0 Å². The fraction of sp³-hybridized carbons (Fsp3) is 0.0588. The number of pyridine rings is 1. The van der Waals surface area contributed by atoms with Crippen LogP contribution in [0.4, 0.5) is 17.1 Å². The zero-order valence-electron chi connectivity index (χ0n) is 11.6. The van der Waals surface area contributed by atoms with Gasteiger partial charge in [-0.25, -0.2) is 0 Å². The van der Waals surface area contributed by atoms with Gasteiger partial charge in [0, 0.05) is 18.1 Å². The van der Waals surface area contributed by atoms with Crippen LogP contribution in [0.3, 0.4) is 0 Å². The Kier molecular flexibility index (Phi) is 3.17. The molecule has 0 unspecified atom stereocenters. The normalized spacial score (nSPS) is 10.3. The van der Waals surface area contributed by atoms with Crippen LogP contribution in [0.2, 0.25) is 0 Å². The smallest absolute Gasteiger partial charge is 0.0992 e. The Balaban J connectivity index is 2.19. The van der Waals surface area contributed by atoms with Gasteiger partial charge in [0.05, 0.1) is 34.7 Å². The zero-order valence-corrected chi connectivity index (χ0v) is 11.6. The first kappa shape index (κ1) is 12.9. The lowest BCUT2D eigenvalue weighted by molar-refractivity contribution is 1.21. The van der Waals surface area contributed by atoms with Gasteiger partial charge in [-0.2, -0.15) is 5.26 Å². The fourth-order valence-electron chi connectivity index (χ4n) is 2.43. The molecular weight excluding hydrogens is 260 g/mol. The van der Waals surface area contributed by atoms with Crippen molar-refractivity contribution in [2.75, 3.05) is 17.7 Å². The molecule has 2 aromatic carbocycles. The summed E-state index contributed by atoms with van der Waals surface area (Å²) in [7, 11) is 1.94. The minimum absolute atomic E-state index is 0.610. The minimum Gasteiger partial charge on any atom is -0.396 e. The molecular formula is C17H14N4. The lowest BCUT2D eigenvalue weighted by Gasteiger charge is -2.23. The van der Waals surface area contributed by atoms with Crippen LogP contribution in [0.5, 0.6) is 0 Å². The molecule has 2 N–H and O–H groups in total. The fourth-order valence-corrected chi connectivity index (χ4v) is 2.43. The van der Waals surface area contributed by atoms with Gasteiger partial charge in [0.15, 0.2) is 0 Å². The number of hydrogen-bond acceptors (Lipinski definition) is 4. The van der Waals surface area contributed by atoms with Crippen molar-refractivity contribution < 1.29 is 0 Å². The lowest BCUT2D eigenvalue weighted by Crippen LogP contribution is -2.12. The van der Waals surface area contributed by atoms with Crippen molar-refractivity contribution in [2.45, 2.75) is 0 Å². The summed E-state index contributed by atoms with van der Waals surface area (Å²) in [5.41, 5.74) is 10.1. The van der Waals surface area contributed by atoms with Crippen molar-refractivity contribution in [3.63, 3.8) is 0 Å². The van der Waals surface area contributed by atoms with Gasteiger partial charge in [-0.05, 0) is 24.3 Å². The molecule has 4 nitrogen and oxygen atoms in total. The van der Waals surface area contributed by atoms with E-state index in [4.69, 9.17) is 11.0 Å². The summed E-state index contributed by atoms with van der Waals surface area (Å²) in [6.07, 6.45) is 1.67. The molecule has 0 atom stereocenters. The number of para-hydroxylation sites is 1. The second kappa shape index (κ2) is 5.14. The Morgan fingerprint density at radius 2 is 1.95 bits per heavy atom. The van der Waals surface area contributed by atoms with E-state index in [2.05, 4.69) is 11.1 Å². The van der Waals surface area contributed by atoms with Crippen molar-refractivity contribution in [2.24, 2.45) is 0 Å². The number of hydrogen-bond donors (Lipinski definition) is 1. The van der Waals surface area contributed by atoms with Crippen LogP contribution in [-0.4, -0.2) is 12.0 Å². The van der Waals surface area contributed by atoms with Gasteiger partial charge in [-0.15, -0.1) is 0 Å². The topological polar surface area (TPSA) is 65.9 Å². The number of aromatic nitrogens is 1. The number of nitrogens with two attached hydrogens (primary N) is 1. The van der Waals surface area contributed by atoms with Gasteiger partial charge in [0.1, 0.15) is 0 Å². The van der Waals surface area contributed by atoms with Gasteiger partial charge >= 0.3 is 0 Å². The highest BCUT2D eigenvalue weighted by molar-refractivity contribution is 5.99. The molecule has 0 spiro atoms. The number of anilines is 3. The van der Waals surface area contributed by atoms with E-state index in [9.17, 15) is 0 Å². The molecule has 0 radical (unpaired) electrons.